The third-order valence-corrected chi connectivity index (χ3v) is 3.94. The predicted molar refractivity (Wildman–Crippen MR) is 98.2 cm³/mol. The fourth-order valence-electron chi connectivity index (χ4n) is 2.32. The molecule has 3 N–H and O–H groups in total. The SMILES string of the molecule is Cc1ccc(NC(=O)C(=O)NCC(C)(O)CCc2ccccc2)cc1. The number of hydrogen-bond acceptors (Lipinski definition) is 3. The predicted octanol–water partition coefficient (Wildman–Crippen LogP) is 2.43. The van der Waals surface area contributed by atoms with E-state index in [1.54, 1.807) is 19.1 Å². The van der Waals surface area contributed by atoms with Crippen LogP contribution in [0.1, 0.15) is 24.5 Å². The maximum absolute atomic E-state index is 11.9. The van der Waals surface area contributed by atoms with Crippen molar-refractivity contribution < 1.29 is 14.7 Å². The Morgan fingerprint density at radius 3 is 2.28 bits per heavy atom. The number of amides is 2. The molecule has 25 heavy (non-hydrogen) atoms. The van der Waals surface area contributed by atoms with E-state index < -0.39 is 17.4 Å². The average Bonchev–Trinajstić information content (AvgIpc) is 2.61. The molecule has 1 atom stereocenters. The van der Waals surface area contributed by atoms with E-state index in [2.05, 4.69) is 10.6 Å². The topological polar surface area (TPSA) is 78.4 Å². The molecule has 0 aliphatic rings. The van der Waals surface area contributed by atoms with Gasteiger partial charge in [-0.25, -0.2) is 0 Å². The van der Waals surface area contributed by atoms with E-state index in [-0.39, 0.29) is 6.54 Å². The summed E-state index contributed by atoms with van der Waals surface area (Å²) in [7, 11) is 0. The molecule has 5 nitrogen and oxygen atoms in total. The van der Waals surface area contributed by atoms with Crippen LogP contribution in [0, 0.1) is 6.92 Å². The highest BCUT2D eigenvalue weighted by Gasteiger charge is 2.23. The van der Waals surface area contributed by atoms with Gasteiger partial charge in [-0.1, -0.05) is 48.0 Å². The summed E-state index contributed by atoms with van der Waals surface area (Å²) in [6.07, 6.45) is 1.18. The molecule has 2 aromatic rings. The van der Waals surface area contributed by atoms with E-state index in [0.717, 1.165) is 11.1 Å². The molecular formula is C20H24N2O3. The normalized spacial score (nSPS) is 12.9. The van der Waals surface area contributed by atoms with Gasteiger partial charge in [0.15, 0.2) is 0 Å². The maximum Gasteiger partial charge on any atom is 0.313 e. The zero-order valence-corrected chi connectivity index (χ0v) is 14.6. The van der Waals surface area contributed by atoms with Crippen molar-refractivity contribution in [1.29, 1.82) is 0 Å². The van der Waals surface area contributed by atoms with Gasteiger partial charge < -0.3 is 15.7 Å². The summed E-state index contributed by atoms with van der Waals surface area (Å²) < 4.78 is 0. The highest BCUT2D eigenvalue weighted by Crippen LogP contribution is 2.13. The van der Waals surface area contributed by atoms with Crippen molar-refractivity contribution in [3.05, 3.63) is 65.7 Å². The van der Waals surface area contributed by atoms with Crippen LogP contribution >= 0.6 is 0 Å². The smallest absolute Gasteiger partial charge is 0.313 e. The number of aryl methyl sites for hydroxylation is 2. The number of carbonyl (C=O) groups is 2. The number of hydrogen-bond donors (Lipinski definition) is 3. The second-order valence-electron chi connectivity index (χ2n) is 6.49. The Hall–Kier alpha value is -2.66. The molecule has 2 rings (SSSR count). The standard InChI is InChI=1S/C20H24N2O3/c1-15-8-10-17(11-9-15)22-19(24)18(23)21-14-20(2,25)13-12-16-6-4-3-5-7-16/h3-11,25H,12-14H2,1-2H3,(H,21,23)(H,22,24). The first-order chi connectivity index (χ1) is 11.9. The van der Waals surface area contributed by atoms with E-state index in [1.807, 2.05) is 49.4 Å². The Bertz CT molecular complexity index is 709. The monoisotopic (exact) mass is 340 g/mol. The summed E-state index contributed by atoms with van der Waals surface area (Å²) in [5.74, 6) is -1.51. The number of benzene rings is 2. The number of rotatable bonds is 6. The van der Waals surface area contributed by atoms with E-state index in [1.165, 1.54) is 0 Å². The lowest BCUT2D eigenvalue weighted by Gasteiger charge is -2.23. The molecule has 2 aromatic carbocycles. The van der Waals surface area contributed by atoms with Crippen molar-refractivity contribution in [2.24, 2.45) is 0 Å². The third-order valence-electron chi connectivity index (χ3n) is 3.94. The Morgan fingerprint density at radius 2 is 1.64 bits per heavy atom. The lowest BCUT2D eigenvalue weighted by Crippen LogP contribution is -2.44. The van der Waals surface area contributed by atoms with Gasteiger partial charge in [0.25, 0.3) is 0 Å². The van der Waals surface area contributed by atoms with Crippen LogP contribution in [0.25, 0.3) is 0 Å². The lowest BCUT2D eigenvalue weighted by molar-refractivity contribution is -0.136. The van der Waals surface area contributed by atoms with Gasteiger partial charge >= 0.3 is 11.8 Å². The van der Waals surface area contributed by atoms with E-state index in [4.69, 9.17) is 0 Å². The highest BCUT2D eigenvalue weighted by molar-refractivity contribution is 6.39. The van der Waals surface area contributed by atoms with Gasteiger partial charge in [-0.2, -0.15) is 0 Å². The van der Waals surface area contributed by atoms with Crippen molar-refractivity contribution >= 4 is 17.5 Å². The van der Waals surface area contributed by atoms with Gasteiger partial charge in [0.1, 0.15) is 0 Å². The molecular weight excluding hydrogens is 316 g/mol. The van der Waals surface area contributed by atoms with E-state index in [9.17, 15) is 14.7 Å². The fraction of sp³-hybridized carbons (Fsp3) is 0.300. The molecule has 0 saturated carbocycles. The van der Waals surface area contributed by atoms with Crippen LogP contribution in [0.2, 0.25) is 0 Å². The first-order valence-electron chi connectivity index (χ1n) is 8.28. The van der Waals surface area contributed by atoms with Crippen molar-refractivity contribution in [3.8, 4) is 0 Å². The summed E-state index contributed by atoms with van der Waals surface area (Å²) in [5, 5.41) is 15.4. The fourth-order valence-corrected chi connectivity index (χ4v) is 2.32. The first kappa shape index (κ1) is 18.7. The van der Waals surface area contributed by atoms with Crippen molar-refractivity contribution in [2.75, 3.05) is 11.9 Å². The molecule has 132 valence electrons. The summed E-state index contributed by atoms with van der Waals surface area (Å²) >= 11 is 0. The number of carbonyl (C=O) groups excluding carboxylic acids is 2. The summed E-state index contributed by atoms with van der Waals surface area (Å²) in [6.45, 7) is 3.60. The number of anilines is 1. The van der Waals surface area contributed by atoms with Gasteiger partial charge in [0, 0.05) is 12.2 Å². The molecule has 0 heterocycles. The Morgan fingerprint density at radius 1 is 1.00 bits per heavy atom. The van der Waals surface area contributed by atoms with Crippen molar-refractivity contribution in [3.63, 3.8) is 0 Å². The minimum Gasteiger partial charge on any atom is -0.388 e. The summed E-state index contributed by atoms with van der Waals surface area (Å²) in [4.78, 5) is 23.8. The zero-order chi connectivity index (χ0) is 18.3. The molecule has 0 aromatic heterocycles. The highest BCUT2D eigenvalue weighted by atomic mass is 16.3. The van der Waals surface area contributed by atoms with Crippen LogP contribution in [-0.2, 0) is 16.0 Å². The van der Waals surface area contributed by atoms with Gasteiger partial charge in [-0.3, -0.25) is 9.59 Å². The van der Waals surface area contributed by atoms with Gasteiger partial charge in [0.05, 0.1) is 5.60 Å². The third kappa shape index (κ3) is 6.39. The summed E-state index contributed by atoms with van der Waals surface area (Å²) in [6, 6.07) is 17.0. The van der Waals surface area contributed by atoms with E-state index in [0.29, 0.717) is 18.5 Å². The lowest BCUT2D eigenvalue weighted by atomic mass is 9.97. The van der Waals surface area contributed by atoms with Crippen LogP contribution in [0.5, 0.6) is 0 Å². The largest absolute Gasteiger partial charge is 0.388 e. The van der Waals surface area contributed by atoms with Gasteiger partial charge in [-0.15, -0.1) is 0 Å². The molecule has 5 heteroatoms. The molecule has 2 amide bonds. The second kappa shape index (κ2) is 8.44. The van der Waals surface area contributed by atoms with Crippen LogP contribution in [0.3, 0.4) is 0 Å². The second-order valence-corrected chi connectivity index (χ2v) is 6.49. The van der Waals surface area contributed by atoms with Gasteiger partial charge in [-0.05, 0) is 44.4 Å². The minimum absolute atomic E-state index is 0.0139. The molecule has 0 saturated heterocycles. The minimum atomic E-state index is -1.09. The van der Waals surface area contributed by atoms with E-state index >= 15 is 0 Å². The van der Waals surface area contributed by atoms with Gasteiger partial charge in [0.2, 0.25) is 0 Å². The first-order valence-corrected chi connectivity index (χ1v) is 8.28. The van der Waals surface area contributed by atoms with Crippen molar-refractivity contribution in [1.82, 2.24) is 5.32 Å². The van der Waals surface area contributed by atoms with Crippen LogP contribution < -0.4 is 10.6 Å². The zero-order valence-electron chi connectivity index (χ0n) is 14.6. The van der Waals surface area contributed by atoms with Crippen molar-refractivity contribution in [2.45, 2.75) is 32.3 Å². The molecule has 0 fully saturated rings. The molecule has 0 radical (unpaired) electrons. The Labute approximate surface area is 148 Å². The molecule has 0 aliphatic carbocycles. The molecule has 1 unspecified atom stereocenters. The maximum atomic E-state index is 11.9. The summed E-state index contributed by atoms with van der Waals surface area (Å²) in [5.41, 5.74) is 1.65. The van der Waals surface area contributed by atoms with Crippen LogP contribution in [-0.4, -0.2) is 29.1 Å². The Kier molecular flexibility index (Phi) is 6.31. The van der Waals surface area contributed by atoms with Crippen LogP contribution in [0.15, 0.2) is 54.6 Å². The van der Waals surface area contributed by atoms with Crippen LogP contribution in [0.4, 0.5) is 5.69 Å². The number of aliphatic hydroxyl groups is 1. The molecule has 0 spiro atoms. The Balaban J connectivity index is 1.79. The average molecular weight is 340 g/mol. The number of nitrogens with one attached hydrogen (secondary N) is 2. The molecule has 0 aliphatic heterocycles. The molecule has 0 bridgehead atoms. The quantitative estimate of drug-likeness (QED) is 0.707.